The van der Waals surface area contributed by atoms with Gasteiger partial charge in [-0.15, -0.1) is 0 Å². The standard InChI is InChI=1S/C10H15N/c1-4-6-7-10(8-11)9(3)5-2/h5,10H,2-4,6-7H2,1H3. The number of nitriles is 1. The molecule has 1 atom stereocenters. The van der Waals surface area contributed by atoms with Gasteiger partial charge in [0, 0.05) is 0 Å². The maximum Gasteiger partial charge on any atom is 0.0706 e. The summed E-state index contributed by atoms with van der Waals surface area (Å²) in [6, 6.07) is 2.22. The normalized spacial score (nSPS) is 11.6. The van der Waals surface area contributed by atoms with Crippen molar-refractivity contribution in [2.24, 2.45) is 5.92 Å². The second kappa shape index (κ2) is 5.73. The molecule has 0 spiro atoms. The van der Waals surface area contributed by atoms with Gasteiger partial charge in [-0.2, -0.15) is 5.26 Å². The number of nitrogens with zero attached hydrogens (tertiary/aromatic N) is 1. The lowest BCUT2D eigenvalue weighted by Crippen LogP contribution is -1.97. The molecule has 0 bridgehead atoms. The summed E-state index contributed by atoms with van der Waals surface area (Å²) in [5.74, 6) is -0.0209. The van der Waals surface area contributed by atoms with Crippen LogP contribution < -0.4 is 0 Å². The Labute approximate surface area is 69.0 Å². The Balaban J connectivity index is 3.87. The third-order valence-electron chi connectivity index (χ3n) is 1.71. The maximum atomic E-state index is 8.70. The van der Waals surface area contributed by atoms with Crippen molar-refractivity contribution in [2.75, 3.05) is 0 Å². The van der Waals surface area contributed by atoms with Crippen LogP contribution >= 0.6 is 0 Å². The molecule has 0 aliphatic heterocycles. The zero-order valence-corrected chi connectivity index (χ0v) is 7.14. The van der Waals surface area contributed by atoms with Gasteiger partial charge in [0.1, 0.15) is 0 Å². The van der Waals surface area contributed by atoms with E-state index in [1.165, 1.54) is 0 Å². The van der Waals surface area contributed by atoms with Gasteiger partial charge in [0.25, 0.3) is 0 Å². The molecule has 0 saturated carbocycles. The van der Waals surface area contributed by atoms with E-state index >= 15 is 0 Å². The number of rotatable bonds is 5. The minimum absolute atomic E-state index is 0.0209. The summed E-state index contributed by atoms with van der Waals surface area (Å²) in [5.41, 5.74) is 0.848. The topological polar surface area (TPSA) is 23.8 Å². The van der Waals surface area contributed by atoms with Gasteiger partial charge in [0.05, 0.1) is 12.0 Å². The molecule has 0 amide bonds. The molecule has 0 aliphatic rings. The quantitative estimate of drug-likeness (QED) is 0.551. The summed E-state index contributed by atoms with van der Waals surface area (Å²) >= 11 is 0. The van der Waals surface area contributed by atoms with Crippen molar-refractivity contribution >= 4 is 0 Å². The van der Waals surface area contributed by atoms with E-state index in [4.69, 9.17) is 5.26 Å². The fourth-order valence-electron chi connectivity index (χ4n) is 0.883. The Morgan fingerprint density at radius 1 is 1.73 bits per heavy atom. The fraction of sp³-hybridized carbons (Fsp3) is 0.500. The van der Waals surface area contributed by atoms with Crippen LogP contribution in [0.4, 0.5) is 0 Å². The molecule has 0 saturated heterocycles. The van der Waals surface area contributed by atoms with Crippen LogP contribution in [0.25, 0.3) is 0 Å². The van der Waals surface area contributed by atoms with Crippen LogP contribution in [-0.2, 0) is 0 Å². The molecule has 0 rings (SSSR count). The lowest BCUT2D eigenvalue weighted by Gasteiger charge is -2.06. The first-order valence-corrected chi connectivity index (χ1v) is 3.97. The van der Waals surface area contributed by atoms with E-state index in [2.05, 4.69) is 26.2 Å². The highest BCUT2D eigenvalue weighted by molar-refractivity contribution is 5.20. The molecule has 0 heterocycles. The van der Waals surface area contributed by atoms with Gasteiger partial charge in [-0.3, -0.25) is 0 Å². The van der Waals surface area contributed by atoms with E-state index in [1.54, 1.807) is 6.08 Å². The van der Waals surface area contributed by atoms with Crippen LogP contribution in [-0.4, -0.2) is 0 Å². The van der Waals surface area contributed by atoms with Crippen LogP contribution in [0, 0.1) is 17.2 Å². The zero-order chi connectivity index (χ0) is 8.69. The molecule has 0 aliphatic carbocycles. The predicted octanol–water partition coefficient (Wildman–Crippen LogP) is 3.06. The third-order valence-corrected chi connectivity index (χ3v) is 1.71. The Morgan fingerprint density at radius 2 is 2.36 bits per heavy atom. The van der Waals surface area contributed by atoms with E-state index in [0.717, 1.165) is 24.8 Å². The van der Waals surface area contributed by atoms with E-state index in [-0.39, 0.29) is 5.92 Å². The van der Waals surface area contributed by atoms with Gasteiger partial charge in [0.15, 0.2) is 0 Å². The first-order chi connectivity index (χ1) is 5.26. The van der Waals surface area contributed by atoms with Crippen LogP contribution in [0.1, 0.15) is 26.2 Å². The molecule has 0 N–H and O–H groups in total. The van der Waals surface area contributed by atoms with Gasteiger partial charge >= 0.3 is 0 Å². The lowest BCUT2D eigenvalue weighted by molar-refractivity contribution is 0.637. The van der Waals surface area contributed by atoms with Crippen molar-refractivity contribution in [3.63, 3.8) is 0 Å². The molecule has 0 aromatic carbocycles. The van der Waals surface area contributed by atoms with Gasteiger partial charge in [-0.05, 0) is 12.0 Å². The lowest BCUT2D eigenvalue weighted by atomic mass is 9.96. The van der Waals surface area contributed by atoms with Crippen LogP contribution in [0.15, 0.2) is 24.8 Å². The Hall–Kier alpha value is -1.03. The number of unbranched alkanes of at least 4 members (excludes halogenated alkanes) is 1. The number of allylic oxidation sites excluding steroid dienone is 2. The zero-order valence-electron chi connectivity index (χ0n) is 7.14. The minimum Gasteiger partial charge on any atom is -0.198 e. The highest BCUT2D eigenvalue weighted by Gasteiger charge is 2.06. The van der Waals surface area contributed by atoms with Crippen LogP contribution in [0.3, 0.4) is 0 Å². The molecule has 0 aromatic rings. The van der Waals surface area contributed by atoms with E-state index in [9.17, 15) is 0 Å². The van der Waals surface area contributed by atoms with Crippen molar-refractivity contribution in [3.05, 3.63) is 24.8 Å². The SMILES string of the molecule is C=CC(=C)C(C#N)CCCC. The van der Waals surface area contributed by atoms with E-state index in [0.29, 0.717) is 0 Å². The molecule has 0 aromatic heterocycles. The smallest absolute Gasteiger partial charge is 0.0706 e. The molecule has 1 unspecified atom stereocenters. The summed E-state index contributed by atoms with van der Waals surface area (Å²) < 4.78 is 0. The molecule has 1 nitrogen and oxygen atoms in total. The van der Waals surface area contributed by atoms with Gasteiger partial charge in [0.2, 0.25) is 0 Å². The van der Waals surface area contributed by atoms with Gasteiger partial charge < -0.3 is 0 Å². The second-order valence-electron chi connectivity index (χ2n) is 2.60. The van der Waals surface area contributed by atoms with Crippen molar-refractivity contribution in [2.45, 2.75) is 26.2 Å². The summed E-state index contributed by atoms with van der Waals surface area (Å²) in [6.07, 6.45) is 4.80. The Morgan fingerprint density at radius 3 is 2.73 bits per heavy atom. The summed E-state index contributed by atoms with van der Waals surface area (Å²) in [5, 5.41) is 8.70. The third kappa shape index (κ3) is 3.62. The van der Waals surface area contributed by atoms with Gasteiger partial charge in [-0.1, -0.05) is 39.0 Å². The highest BCUT2D eigenvalue weighted by atomic mass is 14.3. The highest BCUT2D eigenvalue weighted by Crippen LogP contribution is 2.15. The number of hydrogen-bond acceptors (Lipinski definition) is 1. The first-order valence-electron chi connectivity index (χ1n) is 3.97. The minimum atomic E-state index is -0.0209. The average molecular weight is 149 g/mol. The molecule has 60 valence electrons. The molecule has 0 fully saturated rings. The maximum absolute atomic E-state index is 8.70. The molecule has 11 heavy (non-hydrogen) atoms. The van der Waals surface area contributed by atoms with E-state index in [1.807, 2.05) is 0 Å². The van der Waals surface area contributed by atoms with Crippen LogP contribution in [0.2, 0.25) is 0 Å². The Bertz CT molecular complexity index is 174. The molecule has 1 heteroatoms. The van der Waals surface area contributed by atoms with Crippen molar-refractivity contribution in [1.82, 2.24) is 0 Å². The van der Waals surface area contributed by atoms with E-state index < -0.39 is 0 Å². The van der Waals surface area contributed by atoms with Crippen LogP contribution in [0.5, 0.6) is 0 Å². The summed E-state index contributed by atoms with van der Waals surface area (Å²) in [4.78, 5) is 0. The largest absolute Gasteiger partial charge is 0.198 e. The number of hydrogen-bond donors (Lipinski definition) is 0. The van der Waals surface area contributed by atoms with Crippen molar-refractivity contribution in [3.8, 4) is 6.07 Å². The Kier molecular flexibility index (Phi) is 5.20. The molecular weight excluding hydrogens is 134 g/mol. The second-order valence-corrected chi connectivity index (χ2v) is 2.60. The van der Waals surface area contributed by atoms with Gasteiger partial charge in [-0.25, -0.2) is 0 Å². The monoisotopic (exact) mass is 149 g/mol. The summed E-state index contributed by atoms with van der Waals surface area (Å²) in [6.45, 7) is 9.46. The average Bonchev–Trinajstić information content (AvgIpc) is 2.05. The fourth-order valence-corrected chi connectivity index (χ4v) is 0.883. The van der Waals surface area contributed by atoms with Crippen molar-refractivity contribution in [1.29, 1.82) is 5.26 Å². The summed E-state index contributed by atoms with van der Waals surface area (Å²) in [7, 11) is 0. The first kappa shape index (κ1) is 9.97. The molecular formula is C10H15N. The molecule has 0 radical (unpaired) electrons. The van der Waals surface area contributed by atoms with Crippen molar-refractivity contribution < 1.29 is 0 Å². The predicted molar refractivity (Wildman–Crippen MR) is 48.0 cm³/mol.